The van der Waals surface area contributed by atoms with Gasteiger partial charge >= 0.3 is 6.09 Å². The highest BCUT2D eigenvalue weighted by Gasteiger charge is 2.23. The highest BCUT2D eigenvalue weighted by Crippen LogP contribution is 2.17. The van der Waals surface area contributed by atoms with Crippen LogP contribution in [-0.2, 0) is 11.3 Å². The van der Waals surface area contributed by atoms with E-state index in [-0.39, 0.29) is 6.09 Å². The number of likely N-dealkylation sites (tertiary alicyclic amines) is 1. The molecule has 27 heavy (non-hydrogen) atoms. The number of piperidine rings is 1. The van der Waals surface area contributed by atoms with E-state index in [2.05, 4.69) is 56.9 Å². The van der Waals surface area contributed by atoms with Gasteiger partial charge in [0.25, 0.3) is 0 Å². The van der Waals surface area contributed by atoms with Crippen LogP contribution in [0.4, 0.5) is 10.5 Å². The SMILES string of the molecule is CN=C(NCc1ccc(N2CC=CC2)cc1)NC1CCN(C(=O)OC)CC1. The van der Waals surface area contributed by atoms with E-state index < -0.39 is 0 Å². The predicted molar refractivity (Wildman–Crippen MR) is 108 cm³/mol. The fraction of sp³-hybridized carbons (Fsp3) is 0.500. The molecule has 0 saturated carbocycles. The van der Waals surface area contributed by atoms with E-state index in [1.807, 2.05) is 0 Å². The highest BCUT2D eigenvalue weighted by molar-refractivity contribution is 5.80. The van der Waals surface area contributed by atoms with E-state index in [1.54, 1.807) is 11.9 Å². The van der Waals surface area contributed by atoms with Crippen molar-refractivity contribution in [3.63, 3.8) is 0 Å². The molecule has 7 heteroatoms. The van der Waals surface area contributed by atoms with Crippen molar-refractivity contribution in [2.75, 3.05) is 45.2 Å². The lowest BCUT2D eigenvalue weighted by Gasteiger charge is -2.32. The maximum absolute atomic E-state index is 11.6. The Morgan fingerprint density at radius 1 is 1.19 bits per heavy atom. The van der Waals surface area contributed by atoms with Gasteiger partial charge in [-0.3, -0.25) is 4.99 Å². The summed E-state index contributed by atoms with van der Waals surface area (Å²) in [5.74, 6) is 0.791. The number of methoxy groups -OCH3 is 1. The zero-order valence-electron chi connectivity index (χ0n) is 16.1. The van der Waals surface area contributed by atoms with Gasteiger partial charge in [-0.15, -0.1) is 0 Å². The molecule has 1 aromatic carbocycles. The maximum atomic E-state index is 11.6. The van der Waals surface area contributed by atoms with Crippen molar-refractivity contribution in [3.8, 4) is 0 Å². The molecular formula is C20H29N5O2. The molecule has 0 atom stereocenters. The van der Waals surface area contributed by atoms with Gasteiger partial charge in [0.1, 0.15) is 0 Å². The fourth-order valence-electron chi connectivity index (χ4n) is 3.42. The number of nitrogens with zero attached hydrogens (tertiary/aromatic N) is 3. The lowest BCUT2D eigenvalue weighted by atomic mass is 10.1. The van der Waals surface area contributed by atoms with Crippen LogP contribution < -0.4 is 15.5 Å². The summed E-state index contributed by atoms with van der Waals surface area (Å²) in [5, 5.41) is 6.83. The molecule has 0 aromatic heterocycles. The van der Waals surface area contributed by atoms with Crippen molar-refractivity contribution in [1.29, 1.82) is 0 Å². The summed E-state index contributed by atoms with van der Waals surface area (Å²) in [7, 11) is 3.20. The number of aliphatic imine (C=N–C) groups is 1. The first kappa shape index (κ1) is 19.1. The van der Waals surface area contributed by atoms with Gasteiger partial charge in [-0.1, -0.05) is 24.3 Å². The molecule has 2 aliphatic rings. The minimum absolute atomic E-state index is 0.246. The molecule has 2 heterocycles. The maximum Gasteiger partial charge on any atom is 0.409 e. The van der Waals surface area contributed by atoms with Crippen LogP contribution >= 0.6 is 0 Å². The van der Waals surface area contributed by atoms with Crippen molar-refractivity contribution in [3.05, 3.63) is 42.0 Å². The third-order valence-electron chi connectivity index (χ3n) is 5.07. The largest absolute Gasteiger partial charge is 0.453 e. The minimum Gasteiger partial charge on any atom is -0.453 e. The van der Waals surface area contributed by atoms with Gasteiger partial charge in [0, 0.05) is 51.5 Å². The third kappa shape index (κ3) is 5.15. The molecule has 0 aliphatic carbocycles. The molecule has 146 valence electrons. The molecule has 0 radical (unpaired) electrons. The Labute approximate surface area is 161 Å². The minimum atomic E-state index is -0.246. The number of anilines is 1. The number of ether oxygens (including phenoxy) is 1. The number of hydrogen-bond acceptors (Lipinski definition) is 4. The molecule has 0 bridgehead atoms. The van der Waals surface area contributed by atoms with Crippen molar-refractivity contribution in [2.24, 2.45) is 4.99 Å². The van der Waals surface area contributed by atoms with Gasteiger partial charge in [-0.2, -0.15) is 0 Å². The van der Waals surface area contributed by atoms with E-state index in [0.29, 0.717) is 19.1 Å². The van der Waals surface area contributed by atoms with E-state index in [9.17, 15) is 4.79 Å². The number of hydrogen-bond donors (Lipinski definition) is 2. The summed E-state index contributed by atoms with van der Waals surface area (Å²) in [6, 6.07) is 8.96. The van der Waals surface area contributed by atoms with E-state index in [1.165, 1.54) is 18.4 Å². The Morgan fingerprint density at radius 2 is 1.85 bits per heavy atom. The van der Waals surface area contributed by atoms with Gasteiger partial charge in [-0.05, 0) is 30.5 Å². The summed E-state index contributed by atoms with van der Waals surface area (Å²) in [5.41, 5.74) is 2.47. The van der Waals surface area contributed by atoms with Crippen molar-refractivity contribution < 1.29 is 9.53 Å². The van der Waals surface area contributed by atoms with Crippen LogP contribution in [0.1, 0.15) is 18.4 Å². The zero-order chi connectivity index (χ0) is 19.1. The summed E-state index contributed by atoms with van der Waals surface area (Å²) in [6.07, 6.45) is 5.91. The van der Waals surface area contributed by atoms with Gasteiger partial charge in [0.05, 0.1) is 7.11 Å². The van der Waals surface area contributed by atoms with Crippen LogP contribution in [0.3, 0.4) is 0 Å². The smallest absolute Gasteiger partial charge is 0.409 e. The second kappa shape index (κ2) is 9.30. The number of carbonyl (C=O) groups is 1. The number of rotatable bonds is 4. The Morgan fingerprint density at radius 3 is 2.44 bits per heavy atom. The molecule has 3 rings (SSSR count). The van der Waals surface area contributed by atoms with Crippen molar-refractivity contribution in [1.82, 2.24) is 15.5 Å². The lowest BCUT2D eigenvalue weighted by Crippen LogP contribution is -2.49. The molecule has 1 aromatic rings. The molecular weight excluding hydrogens is 342 g/mol. The lowest BCUT2D eigenvalue weighted by molar-refractivity contribution is 0.111. The molecule has 7 nitrogen and oxygen atoms in total. The fourth-order valence-corrected chi connectivity index (χ4v) is 3.42. The average Bonchev–Trinajstić information content (AvgIpc) is 3.26. The van der Waals surface area contributed by atoms with Crippen LogP contribution in [0, 0.1) is 0 Å². The number of guanidine groups is 1. The standard InChI is InChI=1S/C20H29N5O2/c1-21-19(23-17-9-13-25(14-10-17)20(26)27-2)22-15-16-5-7-18(8-6-16)24-11-3-4-12-24/h3-8,17H,9-15H2,1-2H3,(H2,21,22,23). The van der Waals surface area contributed by atoms with Gasteiger partial charge in [0.2, 0.25) is 0 Å². The quantitative estimate of drug-likeness (QED) is 0.481. The van der Waals surface area contributed by atoms with Crippen molar-refractivity contribution in [2.45, 2.75) is 25.4 Å². The monoisotopic (exact) mass is 371 g/mol. The Bertz CT molecular complexity index is 670. The first-order valence-electron chi connectivity index (χ1n) is 9.48. The van der Waals surface area contributed by atoms with Crippen molar-refractivity contribution >= 4 is 17.7 Å². The van der Waals surface area contributed by atoms with Crippen LogP contribution in [0.25, 0.3) is 0 Å². The first-order chi connectivity index (χ1) is 13.2. The van der Waals surface area contributed by atoms with Crippen LogP contribution in [0.5, 0.6) is 0 Å². The molecule has 0 spiro atoms. The summed E-state index contributed by atoms with van der Waals surface area (Å²) in [6.45, 7) is 4.10. The number of carbonyl (C=O) groups excluding carboxylic acids is 1. The number of benzene rings is 1. The van der Waals surface area contributed by atoms with E-state index in [4.69, 9.17) is 4.74 Å². The average molecular weight is 371 g/mol. The van der Waals surface area contributed by atoms with E-state index in [0.717, 1.165) is 38.4 Å². The van der Waals surface area contributed by atoms with E-state index >= 15 is 0 Å². The predicted octanol–water partition coefficient (Wildman–Crippen LogP) is 1.96. The van der Waals surface area contributed by atoms with Gasteiger partial charge in [0.15, 0.2) is 5.96 Å². The second-order valence-corrected chi connectivity index (χ2v) is 6.84. The number of amides is 1. The summed E-state index contributed by atoms with van der Waals surface area (Å²) >= 11 is 0. The highest BCUT2D eigenvalue weighted by atomic mass is 16.5. The molecule has 2 aliphatic heterocycles. The number of nitrogens with one attached hydrogen (secondary N) is 2. The molecule has 2 N–H and O–H groups in total. The third-order valence-corrected chi connectivity index (χ3v) is 5.07. The van der Waals surface area contributed by atoms with Crippen LogP contribution in [0.15, 0.2) is 41.4 Å². The zero-order valence-corrected chi connectivity index (χ0v) is 16.1. The Kier molecular flexibility index (Phi) is 6.57. The normalized spacial score (nSPS) is 17.9. The topological polar surface area (TPSA) is 69.2 Å². The molecule has 1 amide bonds. The summed E-state index contributed by atoms with van der Waals surface area (Å²) in [4.78, 5) is 20.0. The summed E-state index contributed by atoms with van der Waals surface area (Å²) < 4.78 is 4.78. The van der Waals surface area contributed by atoms with Crippen LogP contribution in [0.2, 0.25) is 0 Å². The van der Waals surface area contributed by atoms with Gasteiger partial charge in [-0.25, -0.2) is 4.79 Å². The second-order valence-electron chi connectivity index (χ2n) is 6.84. The Balaban J connectivity index is 1.43. The molecule has 1 saturated heterocycles. The molecule has 0 unspecified atom stereocenters. The van der Waals surface area contributed by atoms with Crippen LogP contribution in [-0.4, -0.2) is 63.3 Å². The molecule has 1 fully saturated rings. The van der Waals surface area contributed by atoms with Gasteiger partial charge < -0.3 is 25.2 Å². The Hall–Kier alpha value is -2.70. The first-order valence-corrected chi connectivity index (χ1v) is 9.48.